The molecule has 20 heavy (non-hydrogen) atoms. The Kier molecular flexibility index (Phi) is 6.34. The van der Waals surface area contributed by atoms with E-state index in [-0.39, 0.29) is 6.09 Å². The van der Waals surface area contributed by atoms with Crippen LogP contribution in [0.25, 0.3) is 0 Å². The lowest BCUT2D eigenvalue weighted by Gasteiger charge is -2.23. The molecule has 0 atom stereocenters. The van der Waals surface area contributed by atoms with Crippen molar-refractivity contribution in [3.63, 3.8) is 0 Å². The van der Waals surface area contributed by atoms with Crippen molar-refractivity contribution in [3.8, 4) is 0 Å². The van der Waals surface area contributed by atoms with Gasteiger partial charge < -0.3 is 20.1 Å². The monoisotopic (exact) mass is 278 g/mol. The van der Waals surface area contributed by atoms with E-state index in [9.17, 15) is 4.79 Å². The molecule has 0 spiro atoms. The third kappa shape index (κ3) is 5.59. The lowest BCUT2D eigenvalue weighted by atomic mass is 10.1. The van der Waals surface area contributed by atoms with E-state index in [0.29, 0.717) is 25.7 Å². The summed E-state index contributed by atoms with van der Waals surface area (Å²) in [6.07, 6.45) is 1.68. The van der Waals surface area contributed by atoms with Crippen LogP contribution in [0.3, 0.4) is 0 Å². The zero-order valence-electron chi connectivity index (χ0n) is 11.6. The molecule has 1 aliphatic rings. The number of carbonyl (C=O) groups excluding carboxylic acids is 1. The molecule has 2 N–H and O–H groups in total. The second-order valence-electron chi connectivity index (χ2n) is 4.82. The molecule has 2 rings (SSSR count). The first-order valence-corrected chi connectivity index (χ1v) is 7.10. The Morgan fingerprint density at radius 2 is 2.00 bits per heavy atom. The summed E-state index contributed by atoms with van der Waals surface area (Å²) in [6.45, 7) is 3.20. The Bertz CT molecular complexity index is 391. The van der Waals surface area contributed by atoms with Gasteiger partial charge in [0.05, 0.1) is 0 Å². The number of rotatable bonds is 6. The highest BCUT2D eigenvalue weighted by Gasteiger charge is 2.12. The summed E-state index contributed by atoms with van der Waals surface area (Å²) in [5.41, 5.74) is 1.06. The van der Waals surface area contributed by atoms with Crippen LogP contribution in [0.15, 0.2) is 30.3 Å². The topological polar surface area (TPSA) is 59.6 Å². The predicted octanol–water partition coefficient (Wildman–Crippen LogP) is 1.68. The van der Waals surface area contributed by atoms with Crippen molar-refractivity contribution in [1.82, 2.24) is 10.6 Å². The highest BCUT2D eigenvalue weighted by molar-refractivity contribution is 5.67. The molecule has 110 valence electrons. The van der Waals surface area contributed by atoms with Crippen molar-refractivity contribution in [2.24, 2.45) is 0 Å². The highest BCUT2D eigenvalue weighted by Crippen LogP contribution is 2.05. The average molecular weight is 278 g/mol. The van der Waals surface area contributed by atoms with Gasteiger partial charge in [-0.05, 0) is 18.4 Å². The minimum atomic E-state index is -0.373. The summed E-state index contributed by atoms with van der Waals surface area (Å²) in [7, 11) is 0. The fourth-order valence-corrected chi connectivity index (χ4v) is 2.13. The molecule has 5 heteroatoms. The SMILES string of the molecule is O=C(NCc1ccccc1)OCCNC1CCOCC1. The van der Waals surface area contributed by atoms with Gasteiger partial charge in [0.15, 0.2) is 0 Å². The number of ether oxygens (including phenoxy) is 2. The Hall–Kier alpha value is -1.59. The minimum Gasteiger partial charge on any atom is -0.448 e. The van der Waals surface area contributed by atoms with Crippen molar-refractivity contribution in [3.05, 3.63) is 35.9 Å². The molecule has 0 aromatic heterocycles. The Labute approximate surface area is 119 Å². The van der Waals surface area contributed by atoms with E-state index in [1.54, 1.807) is 0 Å². The van der Waals surface area contributed by atoms with Gasteiger partial charge in [0.2, 0.25) is 0 Å². The second kappa shape index (κ2) is 8.55. The molecule has 1 aliphatic heterocycles. The van der Waals surface area contributed by atoms with Crippen LogP contribution in [-0.2, 0) is 16.0 Å². The van der Waals surface area contributed by atoms with Crippen molar-refractivity contribution in [2.75, 3.05) is 26.4 Å². The van der Waals surface area contributed by atoms with E-state index in [2.05, 4.69) is 10.6 Å². The fourth-order valence-electron chi connectivity index (χ4n) is 2.13. The van der Waals surface area contributed by atoms with Crippen molar-refractivity contribution in [2.45, 2.75) is 25.4 Å². The number of carbonyl (C=O) groups is 1. The molecule has 1 amide bonds. The molecule has 0 aliphatic carbocycles. The molecule has 1 saturated heterocycles. The van der Waals surface area contributed by atoms with Gasteiger partial charge >= 0.3 is 6.09 Å². The van der Waals surface area contributed by atoms with Crippen LogP contribution in [0.4, 0.5) is 4.79 Å². The Morgan fingerprint density at radius 3 is 2.75 bits per heavy atom. The largest absolute Gasteiger partial charge is 0.448 e. The summed E-state index contributed by atoms with van der Waals surface area (Å²) in [5, 5.41) is 6.09. The number of hydrogen-bond acceptors (Lipinski definition) is 4. The zero-order chi connectivity index (χ0) is 14.0. The molecule has 0 bridgehead atoms. The van der Waals surface area contributed by atoms with Gasteiger partial charge in [-0.25, -0.2) is 4.79 Å². The lowest BCUT2D eigenvalue weighted by Crippen LogP contribution is -2.37. The van der Waals surface area contributed by atoms with Crippen LogP contribution in [-0.4, -0.2) is 38.5 Å². The smallest absolute Gasteiger partial charge is 0.407 e. The molecule has 0 radical (unpaired) electrons. The zero-order valence-corrected chi connectivity index (χ0v) is 11.6. The Balaban J connectivity index is 1.51. The van der Waals surface area contributed by atoms with Crippen LogP contribution in [0.1, 0.15) is 18.4 Å². The van der Waals surface area contributed by atoms with Crippen molar-refractivity contribution < 1.29 is 14.3 Å². The fraction of sp³-hybridized carbons (Fsp3) is 0.533. The normalized spacial score (nSPS) is 15.8. The summed E-state index contributed by atoms with van der Waals surface area (Å²) in [4.78, 5) is 11.5. The molecule has 1 aromatic carbocycles. The molecule has 5 nitrogen and oxygen atoms in total. The van der Waals surface area contributed by atoms with Crippen LogP contribution >= 0.6 is 0 Å². The summed E-state index contributed by atoms with van der Waals surface area (Å²) in [6, 6.07) is 10.3. The molecule has 1 fully saturated rings. The van der Waals surface area contributed by atoms with Gasteiger partial charge in [-0.3, -0.25) is 0 Å². The Morgan fingerprint density at radius 1 is 1.25 bits per heavy atom. The first kappa shape index (κ1) is 14.8. The van der Waals surface area contributed by atoms with E-state index in [1.165, 1.54) is 0 Å². The van der Waals surface area contributed by atoms with Gasteiger partial charge in [0.25, 0.3) is 0 Å². The first-order chi connectivity index (χ1) is 9.84. The van der Waals surface area contributed by atoms with Gasteiger partial charge in [0.1, 0.15) is 6.61 Å². The molecule has 0 unspecified atom stereocenters. The van der Waals surface area contributed by atoms with Crippen molar-refractivity contribution in [1.29, 1.82) is 0 Å². The number of nitrogens with one attached hydrogen (secondary N) is 2. The molecule has 1 heterocycles. The minimum absolute atomic E-state index is 0.373. The average Bonchev–Trinajstić information content (AvgIpc) is 2.52. The summed E-state index contributed by atoms with van der Waals surface area (Å²) >= 11 is 0. The van der Waals surface area contributed by atoms with Gasteiger partial charge in [-0.15, -0.1) is 0 Å². The molecular formula is C15H22N2O3. The number of hydrogen-bond donors (Lipinski definition) is 2. The van der Waals surface area contributed by atoms with Crippen LogP contribution in [0, 0.1) is 0 Å². The highest BCUT2D eigenvalue weighted by atomic mass is 16.5. The maximum atomic E-state index is 11.5. The first-order valence-electron chi connectivity index (χ1n) is 7.10. The van der Waals surface area contributed by atoms with Gasteiger partial charge in [-0.1, -0.05) is 30.3 Å². The maximum Gasteiger partial charge on any atom is 0.407 e. The third-order valence-corrected chi connectivity index (χ3v) is 3.27. The van der Waals surface area contributed by atoms with E-state index >= 15 is 0 Å². The molecular weight excluding hydrogens is 256 g/mol. The van der Waals surface area contributed by atoms with E-state index in [0.717, 1.165) is 31.6 Å². The van der Waals surface area contributed by atoms with Crippen LogP contribution in [0.5, 0.6) is 0 Å². The predicted molar refractivity (Wildman–Crippen MR) is 76.5 cm³/mol. The van der Waals surface area contributed by atoms with Crippen molar-refractivity contribution >= 4 is 6.09 Å². The van der Waals surface area contributed by atoms with E-state index in [1.807, 2.05) is 30.3 Å². The quantitative estimate of drug-likeness (QED) is 0.777. The second-order valence-corrected chi connectivity index (χ2v) is 4.82. The van der Waals surface area contributed by atoms with Gasteiger partial charge in [-0.2, -0.15) is 0 Å². The molecule has 1 aromatic rings. The van der Waals surface area contributed by atoms with E-state index < -0.39 is 0 Å². The third-order valence-electron chi connectivity index (χ3n) is 3.27. The van der Waals surface area contributed by atoms with Gasteiger partial charge in [0, 0.05) is 32.3 Å². The maximum absolute atomic E-state index is 11.5. The lowest BCUT2D eigenvalue weighted by molar-refractivity contribution is 0.0755. The number of amides is 1. The van der Waals surface area contributed by atoms with Crippen LogP contribution in [0.2, 0.25) is 0 Å². The summed E-state index contributed by atoms with van der Waals surface area (Å²) < 4.78 is 10.4. The standard InChI is InChI=1S/C15H22N2O3/c18-15(17-12-13-4-2-1-3-5-13)20-11-8-16-14-6-9-19-10-7-14/h1-5,14,16H,6-12H2,(H,17,18). The number of alkyl carbamates (subject to hydrolysis) is 1. The van der Waals surface area contributed by atoms with Crippen LogP contribution < -0.4 is 10.6 Å². The molecule has 0 saturated carbocycles. The summed E-state index contributed by atoms with van der Waals surface area (Å²) in [5.74, 6) is 0. The van der Waals surface area contributed by atoms with E-state index in [4.69, 9.17) is 9.47 Å². The number of benzene rings is 1.